The van der Waals surface area contributed by atoms with Crippen molar-refractivity contribution >= 4 is 23.0 Å². The molecule has 0 spiro atoms. The minimum absolute atomic E-state index is 0.0517. The Labute approximate surface area is 119 Å². The minimum atomic E-state index is -0.0517. The second-order valence-electron chi connectivity index (χ2n) is 4.85. The summed E-state index contributed by atoms with van der Waals surface area (Å²) in [4.78, 5) is 22.8. The van der Waals surface area contributed by atoms with Crippen LogP contribution in [-0.4, -0.2) is 15.0 Å². The van der Waals surface area contributed by atoms with Crippen molar-refractivity contribution in [2.45, 2.75) is 32.2 Å². The lowest BCUT2D eigenvalue weighted by molar-refractivity contribution is 0.907. The smallest absolute Gasteiger partial charge is 0.304 e. The number of nitrogen functional groups attached to an aromatic ring is 1. The quantitative estimate of drug-likeness (QED) is 0.489. The fourth-order valence-electron chi connectivity index (χ4n) is 1.95. The maximum absolute atomic E-state index is 11.1. The van der Waals surface area contributed by atoms with E-state index in [0.29, 0.717) is 18.3 Å². The van der Waals surface area contributed by atoms with Crippen LogP contribution < -0.4 is 21.5 Å². The van der Waals surface area contributed by atoms with Crippen molar-refractivity contribution < 1.29 is 0 Å². The van der Waals surface area contributed by atoms with Crippen LogP contribution in [0.5, 0.6) is 0 Å². The molecule has 0 aliphatic heterocycles. The predicted molar refractivity (Wildman–Crippen MR) is 78.8 cm³/mol. The Kier molecular flexibility index (Phi) is 3.41. The largest absolute Gasteiger partial charge is 0.364 e. The van der Waals surface area contributed by atoms with Crippen LogP contribution in [0.3, 0.4) is 0 Å². The van der Waals surface area contributed by atoms with Crippen LogP contribution >= 0.6 is 11.3 Å². The highest BCUT2D eigenvalue weighted by Crippen LogP contribution is 2.39. The van der Waals surface area contributed by atoms with Gasteiger partial charge >= 0.3 is 4.87 Å². The molecular formula is C12H16N6OS. The summed E-state index contributed by atoms with van der Waals surface area (Å²) in [5, 5.41) is 5.03. The van der Waals surface area contributed by atoms with Crippen LogP contribution in [0.1, 0.15) is 35.8 Å². The molecule has 0 bridgehead atoms. The fraction of sp³-hybridized carbons (Fsp3) is 0.417. The SMILES string of the molecule is Cc1c(NN)nc(C2CC2)nc1NCc1csc(=O)[nH]1. The van der Waals surface area contributed by atoms with Crippen LogP contribution in [0.25, 0.3) is 0 Å². The van der Waals surface area contributed by atoms with Crippen LogP contribution in [0.2, 0.25) is 0 Å². The summed E-state index contributed by atoms with van der Waals surface area (Å²) in [7, 11) is 0. The van der Waals surface area contributed by atoms with E-state index in [1.165, 1.54) is 0 Å². The molecule has 0 saturated heterocycles. The maximum atomic E-state index is 11.1. The number of aromatic nitrogens is 3. The summed E-state index contributed by atoms with van der Waals surface area (Å²) < 4.78 is 0. The van der Waals surface area contributed by atoms with Gasteiger partial charge in [0.05, 0.1) is 6.54 Å². The summed E-state index contributed by atoms with van der Waals surface area (Å²) in [6, 6.07) is 0. The first-order chi connectivity index (χ1) is 9.67. The Morgan fingerprint density at radius 3 is 2.80 bits per heavy atom. The van der Waals surface area contributed by atoms with Gasteiger partial charge in [-0.1, -0.05) is 11.3 Å². The Hall–Kier alpha value is -1.93. The second kappa shape index (κ2) is 5.22. The van der Waals surface area contributed by atoms with Crippen molar-refractivity contribution in [3.05, 3.63) is 32.1 Å². The number of thiazole rings is 1. The third kappa shape index (κ3) is 2.66. The molecule has 0 unspecified atom stereocenters. The third-order valence-electron chi connectivity index (χ3n) is 3.26. The van der Waals surface area contributed by atoms with Gasteiger partial charge in [-0.2, -0.15) is 0 Å². The molecule has 8 heteroatoms. The van der Waals surface area contributed by atoms with Gasteiger partial charge in [-0.3, -0.25) is 4.79 Å². The minimum Gasteiger partial charge on any atom is -0.364 e. The van der Waals surface area contributed by atoms with Gasteiger partial charge in [-0.15, -0.1) is 0 Å². The molecule has 0 amide bonds. The van der Waals surface area contributed by atoms with Crippen molar-refractivity contribution in [2.24, 2.45) is 5.84 Å². The van der Waals surface area contributed by atoms with Crippen molar-refractivity contribution in [1.29, 1.82) is 0 Å². The monoisotopic (exact) mass is 292 g/mol. The standard InChI is InChI=1S/C12H16N6OS/c1-6-9(14-4-8-5-20-12(19)15-8)16-11(7-2-3-7)17-10(6)18-13/h5,7H,2-4,13H2,1H3,(H,15,19)(H2,14,16,17,18). The molecule has 1 fully saturated rings. The molecule has 5 N–H and O–H groups in total. The molecule has 2 aromatic rings. The van der Waals surface area contributed by atoms with Gasteiger partial charge in [-0.25, -0.2) is 15.8 Å². The predicted octanol–water partition coefficient (Wildman–Crippen LogP) is 1.31. The van der Waals surface area contributed by atoms with Crippen LogP contribution in [0.15, 0.2) is 10.2 Å². The van der Waals surface area contributed by atoms with E-state index in [1.54, 1.807) is 5.38 Å². The van der Waals surface area contributed by atoms with Gasteiger partial charge in [-0.05, 0) is 19.8 Å². The summed E-state index contributed by atoms with van der Waals surface area (Å²) >= 11 is 1.15. The van der Waals surface area contributed by atoms with Gasteiger partial charge in [0.2, 0.25) is 0 Å². The number of hydrogen-bond acceptors (Lipinski definition) is 7. The van der Waals surface area contributed by atoms with E-state index in [4.69, 9.17) is 5.84 Å². The highest BCUT2D eigenvalue weighted by molar-refractivity contribution is 7.07. The summed E-state index contributed by atoms with van der Waals surface area (Å²) in [5.41, 5.74) is 4.32. The number of nitrogens with zero attached hydrogens (tertiary/aromatic N) is 2. The highest BCUT2D eigenvalue weighted by atomic mass is 32.1. The zero-order valence-electron chi connectivity index (χ0n) is 11.1. The first-order valence-electron chi connectivity index (χ1n) is 6.43. The van der Waals surface area contributed by atoms with Gasteiger partial charge < -0.3 is 15.7 Å². The fourth-order valence-corrected chi connectivity index (χ4v) is 2.53. The average molecular weight is 292 g/mol. The van der Waals surface area contributed by atoms with E-state index in [9.17, 15) is 4.79 Å². The van der Waals surface area contributed by atoms with Crippen molar-refractivity contribution in [1.82, 2.24) is 15.0 Å². The third-order valence-corrected chi connectivity index (χ3v) is 3.98. The van der Waals surface area contributed by atoms with Gasteiger partial charge in [0.25, 0.3) is 0 Å². The Balaban J connectivity index is 1.83. The molecule has 1 aliphatic carbocycles. The molecule has 2 heterocycles. The number of aromatic amines is 1. The van der Waals surface area contributed by atoms with Crippen molar-refractivity contribution in [2.75, 3.05) is 10.7 Å². The number of rotatable bonds is 5. The van der Waals surface area contributed by atoms with Crippen LogP contribution in [0, 0.1) is 6.92 Å². The van der Waals surface area contributed by atoms with E-state index >= 15 is 0 Å². The number of hydrogen-bond donors (Lipinski definition) is 4. The Bertz CT molecular complexity index is 675. The summed E-state index contributed by atoms with van der Waals surface area (Å²) in [6.07, 6.45) is 2.26. The molecule has 0 radical (unpaired) electrons. The van der Waals surface area contributed by atoms with Crippen LogP contribution in [-0.2, 0) is 6.54 Å². The van der Waals surface area contributed by atoms with Crippen molar-refractivity contribution in [3.8, 4) is 0 Å². The normalized spacial score (nSPS) is 14.3. The molecule has 106 valence electrons. The highest BCUT2D eigenvalue weighted by Gasteiger charge is 2.28. The molecule has 3 rings (SSSR count). The lowest BCUT2D eigenvalue weighted by Crippen LogP contribution is -2.15. The average Bonchev–Trinajstić information content (AvgIpc) is 3.21. The molecule has 7 nitrogen and oxygen atoms in total. The molecule has 0 atom stereocenters. The van der Waals surface area contributed by atoms with E-state index in [0.717, 1.165) is 47.1 Å². The van der Waals surface area contributed by atoms with Gasteiger partial charge in [0, 0.05) is 22.6 Å². The van der Waals surface area contributed by atoms with E-state index in [2.05, 4.69) is 25.7 Å². The Morgan fingerprint density at radius 2 is 2.20 bits per heavy atom. The number of nitrogens with one attached hydrogen (secondary N) is 3. The molecular weight excluding hydrogens is 276 g/mol. The van der Waals surface area contributed by atoms with Crippen molar-refractivity contribution in [3.63, 3.8) is 0 Å². The maximum Gasteiger partial charge on any atom is 0.304 e. The lowest BCUT2D eigenvalue weighted by Gasteiger charge is -2.13. The number of anilines is 2. The molecule has 2 aromatic heterocycles. The molecule has 20 heavy (non-hydrogen) atoms. The van der Waals surface area contributed by atoms with E-state index < -0.39 is 0 Å². The van der Waals surface area contributed by atoms with Crippen LogP contribution in [0.4, 0.5) is 11.6 Å². The molecule has 1 saturated carbocycles. The number of hydrazine groups is 1. The van der Waals surface area contributed by atoms with Gasteiger partial charge in [0.15, 0.2) is 0 Å². The molecule has 0 aromatic carbocycles. The molecule has 1 aliphatic rings. The number of nitrogens with two attached hydrogens (primary N) is 1. The van der Waals surface area contributed by atoms with E-state index in [-0.39, 0.29) is 4.87 Å². The summed E-state index contributed by atoms with van der Waals surface area (Å²) in [6.45, 7) is 2.43. The Morgan fingerprint density at radius 1 is 1.45 bits per heavy atom. The number of H-pyrrole nitrogens is 1. The van der Waals surface area contributed by atoms with E-state index in [1.807, 2.05) is 6.92 Å². The zero-order chi connectivity index (χ0) is 14.1. The first-order valence-corrected chi connectivity index (χ1v) is 7.31. The summed E-state index contributed by atoms with van der Waals surface area (Å²) in [5.74, 6) is 8.17. The van der Waals surface area contributed by atoms with Gasteiger partial charge in [0.1, 0.15) is 17.5 Å². The zero-order valence-corrected chi connectivity index (χ0v) is 11.9. The topological polar surface area (TPSA) is 109 Å². The second-order valence-corrected chi connectivity index (χ2v) is 5.69. The lowest BCUT2D eigenvalue weighted by atomic mass is 10.2. The first kappa shape index (κ1) is 13.1.